The van der Waals surface area contributed by atoms with Gasteiger partial charge in [0.25, 0.3) is 0 Å². The Hall–Kier alpha value is -1.88. The molecule has 0 spiro atoms. The molecule has 2 aliphatic rings. The first-order valence-electron chi connectivity index (χ1n) is 9.51. The highest BCUT2D eigenvalue weighted by Crippen LogP contribution is 2.43. The monoisotopic (exact) mass is 427 g/mol. The van der Waals surface area contributed by atoms with Crippen LogP contribution in [0.5, 0.6) is 0 Å². The number of nitrogens with one attached hydrogen (secondary N) is 1. The van der Waals surface area contributed by atoms with E-state index in [0.717, 1.165) is 6.29 Å². The zero-order chi connectivity index (χ0) is 20.6. The number of aldehydes is 1. The fraction of sp³-hybridized carbons (Fsp3) is 0.667. The summed E-state index contributed by atoms with van der Waals surface area (Å²) in [5, 5.41) is 3.10. The van der Waals surface area contributed by atoms with Gasteiger partial charge in [-0.3, -0.25) is 4.57 Å². The number of imidazole rings is 1. The zero-order valence-corrected chi connectivity index (χ0v) is 16.9. The number of carbonyl (C=O) groups excluding carboxylic acids is 1. The Bertz CT molecular complexity index is 881. The quantitative estimate of drug-likeness (QED) is 0.505. The van der Waals surface area contributed by atoms with Crippen molar-refractivity contribution in [3.05, 3.63) is 12.7 Å². The lowest BCUT2D eigenvalue weighted by Crippen LogP contribution is -2.30. The van der Waals surface area contributed by atoms with Gasteiger partial charge in [-0.2, -0.15) is 0 Å². The van der Waals surface area contributed by atoms with E-state index in [4.69, 9.17) is 25.8 Å². The molecule has 2 saturated heterocycles. The van der Waals surface area contributed by atoms with Crippen molar-refractivity contribution < 1.29 is 23.4 Å². The van der Waals surface area contributed by atoms with Crippen LogP contribution in [-0.4, -0.2) is 68.5 Å². The molecule has 158 valence electrons. The van der Waals surface area contributed by atoms with Gasteiger partial charge in [-0.25, -0.2) is 19.3 Å². The molecule has 11 heteroatoms. The normalized spacial score (nSPS) is 29.1. The van der Waals surface area contributed by atoms with Gasteiger partial charge >= 0.3 is 0 Å². The number of hydrogen-bond acceptors (Lipinski definition) is 8. The Morgan fingerprint density at radius 2 is 2.10 bits per heavy atom. The second-order valence-corrected chi connectivity index (χ2v) is 7.91. The molecule has 2 aromatic rings. The highest BCUT2D eigenvalue weighted by molar-refractivity contribution is 6.17. The minimum absolute atomic E-state index is 0.289. The first kappa shape index (κ1) is 20.4. The number of rotatable bonds is 8. The number of ether oxygens (including phenoxy) is 3. The molecule has 1 N–H and O–H groups in total. The van der Waals surface area contributed by atoms with Gasteiger partial charge in [0.2, 0.25) is 0 Å². The first-order chi connectivity index (χ1) is 13.9. The van der Waals surface area contributed by atoms with Gasteiger partial charge in [-0.1, -0.05) is 0 Å². The summed E-state index contributed by atoms with van der Waals surface area (Å²) in [5.74, 6) is -0.0304. The van der Waals surface area contributed by atoms with E-state index in [1.165, 1.54) is 6.33 Å². The third-order valence-electron chi connectivity index (χ3n) is 5.00. The highest BCUT2D eigenvalue weighted by Gasteiger charge is 2.56. The molecule has 4 heterocycles. The molecule has 29 heavy (non-hydrogen) atoms. The van der Waals surface area contributed by atoms with Gasteiger partial charge in [0.1, 0.15) is 30.8 Å². The summed E-state index contributed by atoms with van der Waals surface area (Å²) in [6.07, 6.45) is 0.994. The van der Waals surface area contributed by atoms with Crippen molar-refractivity contribution in [2.24, 2.45) is 0 Å². The summed E-state index contributed by atoms with van der Waals surface area (Å²) >= 11 is 5.57. The van der Waals surface area contributed by atoms with Gasteiger partial charge in [0.05, 0.1) is 6.33 Å². The number of alkyl halides is 2. The smallest absolute Gasteiger partial charge is 0.167 e. The van der Waals surface area contributed by atoms with Crippen LogP contribution in [0.4, 0.5) is 10.2 Å². The van der Waals surface area contributed by atoms with E-state index in [2.05, 4.69) is 20.3 Å². The zero-order valence-electron chi connectivity index (χ0n) is 16.1. The van der Waals surface area contributed by atoms with Crippen molar-refractivity contribution in [1.82, 2.24) is 19.5 Å². The van der Waals surface area contributed by atoms with Gasteiger partial charge in [-0.15, -0.1) is 11.6 Å². The molecule has 1 unspecified atom stereocenters. The lowest BCUT2D eigenvalue weighted by atomic mass is 10.1. The van der Waals surface area contributed by atoms with Crippen molar-refractivity contribution in [2.75, 3.05) is 17.7 Å². The molecule has 4 rings (SSSR count). The van der Waals surface area contributed by atoms with Crippen LogP contribution in [0, 0.1) is 0 Å². The Balaban J connectivity index is 1.56. The van der Waals surface area contributed by atoms with Crippen molar-refractivity contribution in [2.45, 2.75) is 63.2 Å². The third kappa shape index (κ3) is 3.94. The molecular weight excluding hydrogens is 405 g/mol. The van der Waals surface area contributed by atoms with Crippen LogP contribution in [0.25, 0.3) is 11.2 Å². The Morgan fingerprint density at radius 1 is 1.31 bits per heavy atom. The maximum absolute atomic E-state index is 13.6. The summed E-state index contributed by atoms with van der Waals surface area (Å²) in [6, 6.07) is 0. The molecule has 0 radical (unpaired) electrons. The fourth-order valence-corrected chi connectivity index (χ4v) is 3.96. The lowest BCUT2D eigenvalue weighted by Gasteiger charge is -2.23. The predicted molar refractivity (Wildman–Crippen MR) is 102 cm³/mol. The van der Waals surface area contributed by atoms with Crippen LogP contribution in [0.15, 0.2) is 12.7 Å². The van der Waals surface area contributed by atoms with E-state index in [1.54, 1.807) is 24.7 Å². The van der Waals surface area contributed by atoms with E-state index in [9.17, 15) is 9.18 Å². The van der Waals surface area contributed by atoms with Crippen molar-refractivity contribution in [3.63, 3.8) is 0 Å². The SMILES string of the molecule is CC1(C)O[C@@H]2[C@@H](O1)[C@H](n1cnc3c(NCCC(F)CCCl)ncnc31)O[C@H]2C=O. The Kier molecular flexibility index (Phi) is 5.69. The number of anilines is 1. The Morgan fingerprint density at radius 3 is 2.86 bits per heavy atom. The molecule has 2 aromatic heterocycles. The second kappa shape index (κ2) is 8.10. The molecule has 0 aliphatic carbocycles. The summed E-state index contributed by atoms with van der Waals surface area (Å²) in [7, 11) is 0. The van der Waals surface area contributed by atoms with Gasteiger partial charge in [-0.05, 0) is 26.7 Å². The Labute approximate surface area is 171 Å². The minimum atomic E-state index is -0.971. The van der Waals surface area contributed by atoms with E-state index in [1.807, 2.05) is 0 Å². The van der Waals surface area contributed by atoms with E-state index >= 15 is 0 Å². The minimum Gasteiger partial charge on any atom is -0.368 e. The molecule has 0 bridgehead atoms. The van der Waals surface area contributed by atoms with Gasteiger partial charge < -0.3 is 24.3 Å². The molecular formula is C18H23ClFN5O4. The van der Waals surface area contributed by atoms with Gasteiger partial charge in [0, 0.05) is 12.4 Å². The van der Waals surface area contributed by atoms with Crippen molar-refractivity contribution in [1.29, 1.82) is 0 Å². The molecule has 0 amide bonds. The first-order valence-corrected chi connectivity index (χ1v) is 10.0. The van der Waals surface area contributed by atoms with Crippen LogP contribution in [0.3, 0.4) is 0 Å². The number of carbonyl (C=O) groups is 1. The van der Waals surface area contributed by atoms with Crippen LogP contribution in [0.2, 0.25) is 0 Å². The summed E-state index contributed by atoms with van der Waals surface area (Å²) in [4.78, 5) is 24.4. The number of hydrogen-bond donors (Lipinski definition) is 1. The maximum Gasteiger partial charge on any atom is 0.167 e. The standard InChI is InChI=1S/C18H23ClFN5O4/c1-18(2)28-13-11(7-26)27-17(14(13)29-18)25-9-24-12-15(22-8-23-16(12)25)21-6-4-10(20)3-5-19/h7-11,13-14,17H,3-6H2,1-2H3,(H,21,22,23)/t10?,11-,13-,14+,17+/m0/s1. The molecule has 0 aromatic carbocycles. The van der Waals surface area contributed by atoms with E-state index in [0.29, 0.717) is 36.4 Å². The molecule has 2 aliphatic heterocycles. The average molecular weight is 428 g/mol. The molecule has 0 saturated carbocycles. The van der Waals surface area contributed by atoms with Gasteiger partial charge in [0.15, 0.2) is 35.3 Å². The summed E-state index contributed by atoms with van der Waals surface area (Å²) in [5.41, 5.74) is 1.04. The molecule has 9 nitrogen and oxygen atoms in total. The second-order valence-electron chi connectivity index (χ2n) is 7.53. The highest BCUT2D eigenvalue weighted by atomic mass is 35.5. The van der Waals surface area contributed by atoms with Crippen LogP contribution >= 0.6 is 11.6 Å². The topological polar surface area (TPSA) is 100 Å². The lowest BCUT2D eigenvalue weighted by molar-refractivity contribution is -0.194. The fourth-order valence-electron chi connectivity index (χ4n) is 3.72. The van der Waals surface area contributed by atoms with Crippen LogP contribution < -0.4 is 5.32 Å². The third-order valence-corrected chi connectivity index (χ3v) is 5.22. The number of nitrogens with zero attached hydrogens (tertiary/aromatic N) is 4. The maximum atomic E-state index is 13.6. The van der Waals surface area contributed by atoms with E-state index < -0.39 is 36.5 Å². The number of aromatic nitrogens is 4. The summed E-state index contributed by atoms with van der Waals surface area (Å²) < 4.78 is 33.0. The molecule has 2 fully saturated rings. The van der Waals surface area contributed by atoms with Crippen LogP contribution in [0.1, 0.15) is 32.9 Å². The number of fused-ring (bicyclic) bond motifs is 2. The largest absolute Gasteiger partial charge is 0.368 e. The average Bonchev–Trinajstić information content (AvgIpc) is 3.32. The van der Waals surface area contributed by atoms with Crippen molar-refractivity contribution in [3.8, 4) is 0 Å². The van der Waals surface area contributed by atoms with Crippen molar-refractivity contribution >= 4 is 34.9 Å². The van der Waals surface area contributed by atoms with E-state index in [-0.39, 0.29) is 5.88 Å². The van der Waals surface area contributed by atoms with Crippen LogP contribution in [-0.2, 0) is 19.0 Å². The molecule has 5 atom stereocenters. The predicted octanol–water partition coefficient (Wildman–Crippen LogP) is 2.21. The summed E-state index contributed by atoms with van der Waals surface area (Å²) in [6.45, 7) is 3.98. The number of halogens is 2.